The standard InChI is InChI=1S/C41H58IN7O7/c1-7-43-32(38(42)52)17-12-13-23-45-39(53)55-27-25-49-37-30-15-9-8-14-29(30)28-48(33-18-11-10-16-31(33)36(37)46-47-49)35(51)20-19-34(50)44-24-21-41(4,5)56-26-22-40(2,3)54-6/h8-11,14-16,18,32,43H,7,12-13,17,19-28H2,1-6H3,(H,44,50)(H,45,53). The van der Waals surface area contributed by atoms with Gasteiger partial charge < -0.3 is 35.1 Å². The lowest BCUT2D eigenvalue weighted by molar-refractivity contribution is -0.125. The summed E-state index contributed by atoms with van der Waals surface area (Å²) in [6.45, 7) is 12.8. The molecule has 4 rings (SSSR count). The van der Waals surface area contributed by atoms with Crippen LogP contribution in [-0.4, -0.2) is 93.9 Å². The fourth-order valence-electron chi connectivity index (χ4n) is 6.37. The summed E-state index contributed by atoms with van der Waals surface area (Å²) >= 11 is 1.82. The molecule has 0 spiro atoms. The molecule has 306 valence electrons. The van der Waals surface area contributed by atoms with Gasteiger partial charge in [-0.1, -0.05) is 54.6 Å². The van der Waals surface area contributed by atoms with Crippen molar-refractivity contribution in [3.05, 3.63) is 54.1 Å². The quantitative estimate of drug-likeness (QED) is 0.0602. The van der Waals surface area contributed by atoms with Crippen molar-refractivity contribution >= 4 is 50.0 Å². The number of aromatic nitrogens is 3. The second-order valence-corrected chi connectivity index (χ2v) is 16.1. The maximum absolute atomic E-state index is 13.9. The molecular formula is C41H58IN7O7. The van der Waals surface area contributed by atoms with Gasteiger partial charge in [-0.3, -0.25) is 14.4 Å². The monoisotopic (exact) mass is 887 g/mol. The number of anilines is 1. The SMILES string of the molecule is CCNC(CCCCNC(=O)OCCn1nnc2c1-c1ccccc1CN(C(=O)CCC(=O)NCCC(C)(C)OCCC(C)(C)OC)c1ccccc1-2)C(=O)I. The molecule has 1 atom stereocenters. The summed E-state index contributed by atoms with van der Waals surface area (Å²) in [6, 6.07) is 15.2. The van der Waals surface area contributed by atoms with Gasteiger partial charge in [-0.05, 0) is 78.0 Å². The number of ether oxygens (including phenoxy) is 3. The zero-order valence-corrected chi connectivity index (χ0v) is 35.8. The first-order chi connectivity index (χ1) is 26.7. The molecule has 14 nitrogen and oxygen atoms in total. The number of carbonyl (C=O) groups excluding carboxylic acids is 4. The average molecular weight is 888 g/mol. The van der Waals surface area contributed by atoms with Crippen molar-refractivity contribution in [2.75, 3.05) is 44.9 Å². The molecule has 0 fully saturated rings. The van der Waals surface area contributed by atoms with Gasteiger partial charge >= 0.3 is 6.09 Å². The Morgan fingerprint density at radius 3 is 2.36 bits per heavy atom. The summed E-state index contributed by atoms with van der Waals surface area (Å²) < 4.78 is 18.8. The summed E-state index contributed by atoms with van der Waals surface area (Å²) in [5, 5.41) is 17.9. The topological polar surface area (TPSA) is 166 Å². The highest BCUT2D eigenvalue weighted by molar-refractivity contribution is 14.1. The average Bonchev–Trinajstić information content (AvgIpc) is 3.57. The van der Waals surface area contributed by atoms with E-state index in [0.29, 0.717) is 43.9 Å². The lowest BCUT2D eigenvalue weighted by atomic mass is 9.95. The third-order valence-electron chi connectivity index (χ3n) is 9.90. The highest BCUT2D eigenvalue weighted by Crippen LogP contribution is 2.41. The van der Waals surface area contributed by atoms with E-state index in [2.05, 4.69) is 26.3 Å². The molecule has 1 aromatic heterocycles. The van der Waals surface area contributed by atoms with E-state index < -0.39 is 11.7 Å². The van der Waals surface area contributed by atoms with Crippen molar-refractivity contribution in [1.29, 1.82) is 0 Å². The third kappa shape index (κ3) is 13.3. The van der Waals surface area contributed by atoms with Gasteiger partial charge in [0.2, 0.25) is 15.6 Å². The first kappa shape index (κ1) is 44.8. The van der Waals surface area contributed by atoms with E-state index in [4.69, 9.17) is 14.2 Å². The maximum Gasteiger partial charge on any atom is 0.407 e. The van der Waals surface area contributed by atoms with E-state index in [1.807, 2.05) is 106 Å². The summed E-state index contributed by atoms with van der Waals surface area (Å²) in [6.07, 6.45) is 3.17. The molecule has 0 aliphatic carbocycles. The van der Waals surface area contributed by atoms with Crippen LogP contribution in [0.2, 0.25) is 0 Å². The fraction of sp³-hybridized carbons (Fsp3) is 0.561. The van der Waals surface area contributed by atoms with E-state index in [0.717, 1.165) is 48.2 Å². The molecule has 56 heavy (non-hydrogen) atoms. The van der Waals surface area contributed by atoms with Crippen LogP contribution in [0.4, 0.5) is 10.5 Å². The molecule has 3 N–H and O–H groups in total. The molecule has 0 bridgehead atoms. The van der Waals surface area contributed by atoms with Crippen molar-refractivity contribution in [3.63, 3.8) is 0 Å². The Hall–Kier alpha value is -3.93. The first-order valence-corrected chi connectivity index (χ1v) is 20.5. The molecule has 1 aliphatic heterocycles. The van der Waals surface area contributed by atoms with Crippen molar-refractivity contribution in [1.82, 2.24) is 30.9 Å². The van der Waals surface area contributed by atoms with Crippen LogP contribution in [0.15, 0.2) is 48.5 Å². The number of fused-ring (bicyclic) bond motifs is 5. The van der Waals surface area contributed by atoms with Gasteiger partial charge in [0.05, 0.1) is 48.3 Å². The predicted octanol–water partition coefficient (Wildman–Crippen LogP) is 6.19. The molecule has 0 saturated carbocycles. The minimum Gasteiger partial charge on any atom is -0.448 e. The van der Waals surface area contributed by atoms with Crippen LogP contribution in [0.1, 0.15) is 85.1 Å². The molecule has 1 unspecified atom stereocenters. The normalized spacial score (nSPS) is 13.1. The van der Waals surface area contributed by atoms with Gasteiger partial charge in [0.15, 0.2) is 0 Å². The molecule has 3 aromatic rings. The molecule has 0 saturated heterocycles. The number of amides is 3. The Balaban J connectivity index is 1.35. The molecule has 1 aliphatic rings. The van der Waals surface area contributed by atoms with Crippen LogP contribution in [0.25, 0.3) is 22.5 Å². The first-order valence-electron chi connectivity index (χ1n) is 19.5. The summed E-state index contributed by atoms with van der Waals surface area (Å²) in [5.41, 5.74) is 3.83. The zero-order valence-electron chi connectivity index (χ0n) is 33.6. The molecule has 0 radical (unpaired) electrons. The number of rotatable bonds is 22. The number of methoxy groups -OCH3 is 1. The van der Waals surface area contributed by atoms with Gasteiger partial charge in [-0.25, -0.2) is 9.48 Å². The van der Waals surface area contributed by atoms with Gasteiger partial charge in [0, 0.05) is 66.8 Å². The van der Waals surface area contributed by atoms with Crippen LogP contribution >= 0.6 is 22.6 Å². The number of carbonyl (C=O) groups is 4. The van der Waals surface area contributed by atoms with E-state index in [-0.39, 0.29) is 59.8 Å². The molecule has 3 amide bonds. The van der Waals surface area contributed by atoms with Crippen LogP contribution in [0.5, 0.6) is 0 Å². The summed E-state index contributed by atoms with van der Waals surface area (Å²) in [7, 11) is 1.69. The van der Waals surface area contributed by atoms with Gasteiger partial charge in [0.1, 0.15) is 12.3 Å². The second-order valence-electron chi connectivity index (χ2n) is 15.1. The number of nitrogens with one attached hydrogen (secondary N) is 3. The molecular weight excluding hydrogens is 829 g/mol. The highest BCUT2D eigenvalue weighted by atomic mass is 127. The Morgan fingerprint density at radius 2 is 1.62 bits per heavy atom. The van der Waals surface area contributed by atoms with Crippen molar-refractivity contribution in [2.45, 2.75) is 110 Å². The minimum absolute atomic E-state index is 0.0297. The number of alkyl carbamates (subject to hydrolysis) is 1. The van der Waals surface area contributed by atoms with E-state index in [1.54, 1.807) is 16.7 Å². The number of benzene rings is 2. The maximum atomic E-state index is 13.9. The van der Waals surface area contributed by atoms with Crippen LogP contribution < -0.4 is 20.9 Å². The number of likely N-dealkylation sites (N-methyl/N-ethyl adjacent to an activating group) is 1. The molecule has 15 heteroatoms. The fourth-order valence-corrected chi connectivity index (χ4v) is 6.90. The number of halogens is 1. The number of hydrogen-bond donors (Lipinski definition) is 3. The smallest absolute Gasteiger partial charge is 0.407 e. The Morgan fingerprint density at radius 1 is 0.893 bits per heavy atom. The Labute approximate surface area is 344 Å². The minimum atomic E-state index is -0.523. The number of unbranched alkanes of at least 4 members (excludes halogenated alkanes) is 1. The van der Waals surface area contributed by atoms with E-state index in [9.17, 15) is 19.2 Å². The van der Waals surface area contributed by atoms with Crippen molar-refractivity contribution in [3.8, 4) is 22.5 Å². The van der Waals surface area contributed by atoms with Gasteiger partial charge in [0.25, 0.3) is 0 Å². The van der Waals surface area contributed by atoms with E-state index >= 15 is 0 Å². The second kappa shape index (κ2) is 21.6. The zero-order chi connectivity index (χ0) is 40.7. The number of para-hydroxylation sites is 1. The van der Waals surface area contributed by atoms with E-state index in [1.165, 1.54) is 0 Å². The Kier molecular flexibility index (Phi) is 17.2. The molecule has 2 aromatic carbocycles. The summed E-state index contributed by atoms with van der Waals surface area (Å²) in [4.78, 5) is 52.7. The summed E-state index contributed by atoms with van der Waals surface area (Å²) in [5.74, 6) is -0.378. The van der Waals surface area contributed by atoms with Crippen LogP contribution in [0, 0.1) is 0 Å². The predicted molar refractivity (Wildman–Crippen MR) is 224 cm³/mol. The number of nitrogens with zero attached hydrogens (tertiary/aromatic N) is 4. The van der Waals surface area contributed by atoms with Gasteiger partial charge in [-0.2, -0.15) is 0 Å². The lowest BCUT2D eigenvalue weighted by Gasteiger charge is -2.29. The largest absolute Gasteiger partial charge is 0.448 e. The van der Waals surface area contributed by atoms with Crippen molar-refractivity contribution in [2.24, 2.45) is 0 Å². The van der Waals surface area contributed by atoms with Gasteiger partial charge in [-0.15, -0.1) is 5.10 Å². The number of hydrogen-bond acceptors (Lipinski definition) is 10. The highest BCUT2D eigenvalue weighted by Gasteiger charge is 2.29. The Bertz CT molecular complexity index is 1780. The van der Waals surface area contributed by atoms with Crippen LogP contribution in [-0.2, 0) is 41.7 Å². The molecule has 2 heterocycles. The lowest BCUT2D eigenvalue weighted by Crippen LogP contribution is -2.35. The van der Waals surface area contributed by atoms with Crippen molar-refractivity contribution < 1.29 is 33.4 Å². The third-order valence-corrected chi connectivity index (χ3v) is 10.7. The van der Waals surface area contributed by atoms with Crippen LogP contribution in [0.3, 0.4) is 0 Å².